The van der Waals surface area contributed by atoms with Gasteiger partial charge in [0.1, 0.15) is 0 Å². The normalized spacial score (nSPS) is 9.18. The molecule has 1 amide bonds. The van der Waals surface area contributed by atoms with Crippen LogP contribution < -0.4 is 5.32 Å². The first-order valence-corrected chi connectivity index (χ1v) is 3.02. The lowest BCUT2D eigenvalue weighted by Crippen LogP contribution is -1.91. The molecule has 0 aromatic carbocycles. The van der Waals surface area contributed by atoms with Crippen LogP contribution in [0.25, 0.3) is 0 Å². The van der Waals surface area contributed by atoms with Crippen molar-refractivity contribution >= 4 is 18.4 Å². The largest absolute Gasteiger partial charge is 0.346 e. The van der Waals surface area contributed by atoms with Crippen LogP contribution in [0.15, 0.2) is 12.3 Å². The van der Waals surface area contributed by atoms with Gasteiger partial charge in [-0.3, -0.25) is 9.59 Å². The number of amides is 1. The van der Waals surface area contributed by atoms with Gasteiger partial charge in [0.05, 0.1) is 11.4 Å². The van der Waals surface area contributed by atoms with Gasteiger partial charge in [-0.15, -0.1) is 0 Å². The highest BCUT2D eigenvalue weighted by molar-refractivity contribution is 5.79. The minimum atomic E-state index is 0.411. The summed E-state index contributed by atoms with van der Waals surface area (Å²) >= 11 is 0. The quantitative estimate of drug-likeness (QED) is 0.620. The van der Waals surface area contributed by atoms with Gasteiger partial charge in [0.15, 0.2) is 0 Å². The van der Waals surface area contributed by atoms with Gasteiger partial charge in [-0.2, -0.15) is 0 Å². The smallest absolute Gasteiger partial charge is 0.251 e. The molecule has 4 nitrogen and oxygen atoms in total. The summed E-state index contributed by atoms with van der Waals surface area (Å²) in [7, 11) is 1.70. The maximum absolute atomic E-state index is 10.2. The van der Waals surface area contributed by atoms with Crippen LogP contribution in [-0.2, 0) is 16.6 Å². The van der Waals surface area contributed by atoms with E-state index in [0.717, 1.165) is 0 Å². The summed E-state index contributed by atoms with van der Waals surface area (Å²) in [6.45, 7) is 0. The van der Waals surface area contributed by atoms with Crippen molar-refractivity contribution in [1.29, 1.82) is 0 Å². The van der Waals surface area contributed by atoms with Crippen molar-refractivity contribution < 1.29 is 9.59 Å². The topological polar surface area (TPSA) is 51.1 Å². The van der Waals surface area contributed by atoms with E-state index in [1.165, 1.54) is 0 Å². The highest BCUT2D eigenvalue weighted by Gasteiger charge is 2.00. The second-order valence-electron chi connectivity index (χ2n) is 2.09. The van der Waals surface area contributed by atoms with Crippen LogP contribution in [0.2, 0.25) is 0 Å². The maximum atomic E-state index is 10.2. The van der Waals surface area contributed by atoms with E-state index in [4.69, 9.17) is 0 Å². The molecule has 1 radical (unpaired) electrons. The van der Waals surface area contributed by atoms with E-state index in [1.54, 1.807) is 30.2 Å². The average Bonchev–Trinajstić information content (AvgIpc) is 2.32. The molecule has 1 N–H and O–H groups in total. The van der Waals surface area contributed by atoms with Crippen LogP contribution in [-0.4, -0.2) is 17.3 Å². The van der Waals surface area contributed by atoms with E-state index in [0.29, 0.717) is 17.8 Å². The Bertz CT molecular complexity index is 278. The molecule has 1 heterocycles. The number of aromatic nitrogens is 1. The van der Waals surface area contributed by atoms with E-state index in [-0.39, 0.29) is 0 Å². The fraction of sp³-hybridized carbons (Fsp3) is 0.143. The predicted molar refractivity (Wildman–Crippen MR) is 39.9 cm³/mol. The van der Waals surface area contributed by atoms with E-state index >= 15 is 0 Å². The molecular weight excluding hydrogens is 144 g/mol. The van der Waals surface area contributed by atoms with E-state index < -0.39 is 0 Å². The maximum Gasteiger partial charge on any atom is 0.251 e. The van der Waals surface area contributed by atoms with Crippen LogP contribution in [0.1, 0.15) is 5.69 Å². The second-order valence-corrected chi connectivity index (χ2v) is 2.09. The van der Waals surface area contributed by atoms with E-state index in [2.05, 4.69) is 5.32 Å². The van der Waals surface area contributed by atoms with Crippen molar-refractivity contribution in [2.45, 2.75) is 0 Å². The number of carbonyl (C=O) groups excluding carboxylic acids is 2. The van der Waals surface area contributed by atoms with Crippen molar-refractivity contribution in [3.05, 3.63) is 18.0 Å². The molecule has 0 saturated heterocycles. The number of rotatable bonds is 3. The van der Waals surface area contributed by atoms with Crippen molar-refractivity contribution in [1.82, 2.24) is 4.57 Å². The minimum absolute atomic E-state index is 0.411. The molecule has 4 heteroatoms. The summed E-state index contributed by atoms with van der Waals surface area (Å²) < 4.78 is 1.58. The molecule has 1 rings (SSSR count). The lowest BCUT2D eigenvalue weighted by molar-refractivity contribution is -0.105. The summed E-state index contributed by atoms with van der Waals surface area (Å²) in [4.78, 5) is 20.1. The first-order chi connectivity index (χ1) is 5.27. The number of anilines is 1. The third-order valence-corrected chi connectivity index (χ3v) is 1.34. The van der Waals surface area contributed by atoms with Crippen LogP contribution in [0.5, 0.6) is 0 Å². The predicted octanol–water partition coefficient (Wildman–Crippen LogP) is 0.0512. The summed E-state index contributed by atoms with van der Waals surface area (Å²) in [6.07, 6.45) is 3.92. The highest BCUT2D eigenvalue weighted by atomic mass is 16.1. The molecular formula is C7H7N2O2. The summed E-state index contributed by atoms with van der Waals surface area (Å²) in [5.74, 6) is 0. The molecule has 0 atom stereocenters. The summed E-state index contributed by atoms with van der Waals surface area (Å²) in [6, 6.07) is 1.54. The van der Waals surface area contributed by atoms with Gasteiger partial charge in [0.25, 0.3) is 6.29 Å². The number of aryl methyl sites for hydroxylation is 1. The van der Waals surface area contributed by atoms with E-state index in [9.17, 15) is 9.59 Å². The van der Waals surface area contributed by atoms with Gasteiger partial charge in [-0.05, 0) is 6.07 Å². The monoisotopic (exact) mass is 151 g/mol. The van der Waals surface area contributed by atoms with Gasteiger partial charge in [0, 0.05) is 13.2 Å². The molecule has 1 aromatic rings. The Hall–Kier alpha value is -1.58. The van der Waals surface area contributed by atoms with Gasteiger partial charge < -0.3 is 9.88 Å². The molecule has 0 saturated carbocycles. The number of carbonyl (C=O) groups is 1. The molecule has 0 aliphatic carbocycles. The number of hydrogen-bond acceptors (Lipinski definition) is 2. The Morgan fingerprint density at radius 1 is 1.73 bits per heavy atom. The van der Waals surface area contributed by atoms with Crippen LogP contribution in [0.4, 0.5) is 5.69 Å². The molecule has 57 valence electrons. The minimum Gasteiger partial charge on any atom is -0.346 e. The van der Waals surface area contributed by atoms with Gasteiger partial charge >= 0.3 is 0 Å². The first-order valence-electron chi connectivity index (χ1n) is 3.02. The SMILES string of the molecule is Cn1cc(NC=O)cc1[C]=O. The lowest BCUT2D eigenvalue weighted by atomic mass is 10.4. The van der Waals surface area contributed by atoms with Crippen LogP contribution in [0.3, 0.4) is 0 Å². The molecule has 11 heavy (non-hydrogen) atoms. The molecule has 0 bridgehead atoms. The molecule has 0 unspecified atom stereocenters. The Kier molecular flexibility index (Phi) is 2.06. The molecule has 1 aromatic heterocycles. The molecule has 0 aliphatic heterocycles. The number of nitrogens with one attached hydrogen (secondary N) is 1. The Balaban J connectivity index is 2.94. The number of hydrogen-bond donors (Lipinski definition) is 1. The van der Waals surface area contributed by atoms with Crippen LogP contribution in [0, 0.1) is 0 Å². The third-order valence-electron chi connectivity index (χ3n) is 1.34. The first kappa shape index (κ1) is 7.53. The second kappa shape index (κ2) is 3.01. The highest BCUT2D eigenvalue weighted by Crippen LogP contribution is 2.09. The van der Waals surface area contributed by atoms with Crippen LogP contribution >= 0.6 is 0 Å². The summed E-state index contributed by atoms with van der Waals surface area (Å²) in [5.41, 5.74) is 1.01. The van der Waals surface area contributed by atoms with Crippen molar-refractivity contribution in [3.8, 4) is 0 Å². The van der Waals surface area contributed by atoms with Gasteiger partial charge in [0.2, 0.25) is 6.41 Å². The zero-order valence-electron chi connectivity index (χ0n) is 6.00. The number of nitrogens with zero attached hydrogens (tertiary/aromatic N) is 1. The zero-order chi connectivity index (χ0) is 8.27. The zero-order valence-corrected chi connectivity index (χ0v) is 6.00. The molecule has 0 spiro atoms. The average molecular weight is 151 g/mol. The lowest BCUT2D eigenvalue weighted by Gasteiger charge is -1.89. The van der Waals surface area contributed by atoms with Gasteiger partial charge in [-0.1, -0.05) is 0 Å². The van der Waals surface area contributed by atoms with Crippen molar-refractivity contribution in [3.63, 3.8) is 0 Å². The standard InChI is InChI=1S/C7H7N2O2/c1-9-3-6(8-5-11)2-7(9)4-10/h2-3,5H,1H3,(H,8,11). The molecule has 0 fully saturated rings. The fourth-order valence-corrected chi connectivity index (χ4v) is 0.813. The Morgan fingerprint density at radius 2 is 2.45 bits per heavy atom. The Labute approximate surface area is 63.8 Å². The van der Waals surface area contributed by atoms with E-state index in [1.807, 2.05) is 0 Å². The van der Waals surface area contributed by atoms with Gasteiger partial charge in [-0.25, -0.2) is 0 Å². The Morgan fingerprint density at radius 3 is 2.91 bits per heavy atom. The van der Waals surface area contributed by atoms with Crippen molar-refractivity contribution in [2.75, 3.05) is 5.32 Å². The molecule has 0 aliphatic rings. The van der Waals surface area contributed by atoms with Crippen molar-refractivity contribution in [2.24, 2.45) is 7.05 Å². The third kappa shape index (κ3) is 1.46. The summed E-state index contributed by atoms with van der Waals surface area (Å²) in [5, 5.41) is 2.42. The fourth-order valence-electron chi connectivity index (χ4n) is 0.813.